The third-order valence-corrected chi connectivity index (χ3v) is 5.93. The summed E-state index contributed by atoms with van der Waals surface area (Å²) in [4.78, 5) is 20.3. The molecule has 3 rings (SSSR count). The highest BCUT2D eigenvalue weighted by molar-refractivity contribution is 7.89. The topological polar surface area (TPSA) is 110 Å². The number of rotatable bonds is 8. The molecule has 1 aromatic heterocycles. The minimum Gasteiger partial charge on any atom is -0.497 e. The van der Waals surface area contributed by atoms with Crippen molar-refractivity contribution in [2.24, 2.45) is 5.92 Å². The number of hydrogen-bond donors (Lipinski definition) is 2. The van der Waals surface area contributed by atoms with Gasteiger partial charge >= 0.3 is 0 Å². The second-order valence-electron chi connectivity index (χ2n) is 7.12. The van der Waals surface area contributed by atoms with Crippen LogP contribution in [0.15, 0.2) is 65.8 Å². The van der Waals surface area contributed by atoms with E-state index in [1.807, 2.05) is 24.3 Å². The lowest BCUT2D eigenvalue weighted by Gasteiger charge is -2.10. The highest BCUT2D eigenvalue weighted by atomic mass is 32.2. The van der Waals surface area contributed by atoms with E-state index in [1.165, 1.54) is 18.5 Å². The standard InChI is InChI=1S/C22H24N4O4S/c1-15(2)22(27)26-17-6-10-20(11-7-17)31(28,29)25-13-18-12-21(24-14-23-18)16-4-8-19(30-3)9-5-16/h4-12,14-15,25H,13H2,1-3H3,(H,26,27). The van der Waals surface area contributed by atoms with Crippen LogP contribution in [0.3, 0.4) is 0 Å². The highest BCUT2D eigenvalue weighted by Gasteiger charge is 2.15. The van der Waals surface area contributed by atoms with Crippen molar-refractivity contribution in [1.29, 1.82) is 0 Å². The van der Waals surface area contributed by atoms with Gasteiger partial charge in [-0.25, -0.2) is 23.1 Å². The number of aromatic nitrogens is 2. The first-order chi connectivity index (χ1) is 14.8. The van der Waals surface area contributed by atoms with E-state index >= 15 is 0 Å². The highest BCUT2D eigenvalue weighted by Crippen LogP contribution is 2.21. The molecule has 31 heavy (non-hydrogen) atoms. The van der Waals surface area contributed by atoms with E-state index in [4.69, 9.17) is 4.74 Å². The molecule has 0 saturated heterocycles. The lowest BCUT2D eigenvalue weighted by Crippen LogP contribution is -2.24. The van der Waals surface area contributed by atoms with Gasteiger partial charge in [-0.3, -0.25) is 4.79 Å². The van der Waals surface area contributed by atoms with Crippen molar-refractivity contribution in [3.05, 3.63) is 66.6 Å². The van der Waals surface area contributed by atoms with Crippen molar-refractivity contribution in [3.63, 3.8) is 0 Å². The number of carbonyl (C=O) groups excluding carboxylic acids is 1. The summed E-state index contributed by atoms with van der Waals surface area (Å²) in [5.74, 6) is 0.437. The summed E-state index contributed by atoms with van der Waals surface area (Å²) in [5.41, 5.74) is 2.62. The van der Waals surface area contributed by atoms with Crippen LogP contribution < -0.4 is 14.8 Å². The Morgan fingerprint density at radius 1 is 1.03 bits per heavy atom. The number of amides is 1. The van der Waals surface area contributed by atoms with Gasteiger partial charge in [0.2, 0.25) is 15.9 Å². The summed E-state index contributed by atoms with van der Waals surface area (Å²) in [6.07, 6.45) is 1.40. The van der Waals surface area contributed by atoms with Gasteiger partial charge in [0.25, 0.3) is 0 Å². The molecule has 162 valence electrons. The van der Waals surface area contributed by atoms with Crippen LogP contribution in [0.2, 0.25) is 0 Å². The molecular formula is C22H24N4O4S. The van der Waals surface area contributed by atoms with Gasteiger partial charge in [-0.2, -0.15) is 0 Å². The molecule has 0 saturated carbocycles. The van der Waals surface area contributed by atoms with Crippen LogP contribution in [0.25, 0.3) is 11.3 Å². The second kappa shape index (κ2) is 9.67. The molecule has 0 spiro atoms. The molecule has 0 radical (unpaired) electrons. The number of anilines is 1. The van der Waals surface area contributed by atoms with Crippen LogP contribution in [0.1, 0.15) is 19.5 Å². The third-order valence-electron chi connectivity index (χ3n) is 4.51. The van der Waals surface area contributed by atoms with Crippen molar-refractivity contribution in [2.75, 3.05) is 12.4 Å². The van der Waals surface area contributed by atoms with Crippen LogP contribution in [0, 0.1) is 5.92 Å². The van der Waals surface area contributed by atoms with Gasteiger partial charge in [-0.15, -0.1) is 0 Å². The third kappa shape index (κ3) is 5.87. The Hall–Kier alpha value is -3.30. The lowest BCUT2D eigenvalue weighted by atomic mass is 10.1. The first-order valence-electron chi connectivity index (χ1n) is 9.64. The molecule has 9 heteroatoms. The minimum atomic E-state index is -3.75. The molecule has 0 aliphatic carbocycles. The zero-order valence-corrected chi connectivity index (χ0v) is 18.3. The van der Waals surface area contributed by atoms with Gasteiger partial charge in [0.15, 0.2) is 0 Å². The first kappa shape index (κ1) is 22.4. The van der Waals surface area contributed by atoms with Crippen molar-refractivity contribution in [1.82, 2.24) is 14.7 Å². The number of methoxy groups -OCH3 is 1. The smallest absolute Gasteiger partial charge is 0.240 e. The molecule has 2 N–H and O–H groups in total. The normalized spacial score (nSPS) is 11.4. The number of hydrogen-bond acceptors (Lipinski definition) is 6. The van der Waals surface area contributed by atoms with E-state index in [-0.39, 0.29) is 23.3 Å². The molecule has 0 aliphatic rings. The summed E-state index contributed by atoms with van der Waals surface area (Å²) in [7, 11) is -2.15. The minimum absolute atomic E-state index is 0.0137. The maximum atomic E-state index is 12.6. The second-order valence-corrected chi connectivity index (χ2v) is 8.88. The Balaban J connectivity index is 1.68. The van der Waals surface area contributed by atoms with Crippen LogP contribution >= 0.6 is 0 Å². The fraction of sp³-hybridized carbons (Fsp3) is 0.227. The number of ether oxygens (including phenoxy) is 1. The fourth-order valence-corrected chi connectivity index (χ4v) is 3.67. The predicted octanol–water partition coefficient (Wildman–Crippen LogP) is 3.23. The van der Waals surface area contributed by atoms with E-state index in [9.17, 15) is 13.2 Å². The van der Waals surface area contributed by atoms with Crippen molar-refractivity contribution in [2.45, 2.75) is 25.3 Å². The van der Waals surface area contributed by atoms with Gasteiger partial charge < -0.3 is 10.1 Å². The summed E-state index contributed by atoms with van der Waals surface area (Å²) in [5, 5.41) is 2.73. The van der Waals surface area contributed by atoms with E-state index in [0.717, 1.165) is 11.3 Å². The van der Waals surface area contributed by atoms with E-state index in [2.05, 4.69) is 20.0 Å². The number of carbonyl (C=O) groups is 1. The Morgan fingerprint density at radius 3 is 2.32 bits per heavy atom. The Kier molecular flexibility index (Phi) is 6.98. The summed E-state index contributed by atoms with van der Waals surface area (Å²) in [6.45, 7) is 3.58. The lowest BCUT2D eigenvalue weighted by molar-refractivity contribution is -0.118. The Labute approximate surface area is 181 Å². The Bertz CT molecular complexity index is 1140. The molecule has 3 aromatic rings. The number of benzene rings is 2. The maximum Gasteiger partial charge on any atom is 0.240 e. The van der Waals surface area contributed by atoms with Crippen molar-refractivity contribution in [3.8, 4) is 17.0 Å². The molecule has 0 aliphatic heterocycles. The number of sulfonamides is 1. The summed E-state index contributed by atoms with van der Waals surface area (Å²) < 4.78 is 32.9. The van der Waals surface area contributed by atoms with Gasteiger partial charge in [-0.1, -0.05) is 13.8 Å². The molecule has 1 amide bonds. The molecule has 1 heterocycles. The Morgan fingerprint density at radius 2 is 1.71 bits per heavy atom. The average Bonchev–Trinajstić information content (AvgIpc) is 2.78. The van der Waals surface area contributed by atoms with Crippen LogP contribution in [0.5, 0.6) is 5.75 Å². The van der Waals surface area contributed by atoms with Crippen LogP contribution in [-0.4, -0.2) is 31.4 Å². The van der Waals surface area contributed by atoms with Crippen molar-refractivity contribution >= 4 is 21.6 Å². The van der Waals surface area contributed by atoms with Gasteiger partial charge in [0, 0.05) is 17.2 Å². The summed E-state index contributed by atoms with van der Waals surface area (Å²) in [6, 6.07) is 15.1. The van der Waals surface area contributed by atoms with E-state index < -0.39 is 10.0 Å². The monoisotopic (exact) mass is 440 g/mol. The predicted molar refractivity (Wildman–Crippen MR) is 118 cm³/mol. The van der Waals surface area contributed by atoms with Gasteiger partial charge in [0.1, 0.15) is 12.1 Å². The molecule has 0 fully saturated rings. The molecule has 0 bridgehead atoms. The molecule has 2 aromatic carbocycles. The SMILES string of the molecule is COc1ccc(-c2cc(CNS(=O)(=O)c3ccc(NC(=O)C(C)C)cc3)ncn2)cc1. The molecule has 0 unspecified atom stereocenters. The van der Waals surface area contributed by atoms with Gasteiger partial charge in [0.05, 0.1) is 29.9 Å². The average molecular weight is 441 g/mol. The quantitative estimate of drug-likeness (QED) is 0.556. The van der Waals surface area contributed by atoms with Crippen molar-refractivity contribution < 1.29 is 17.9 Å². The number of nitrogens with zero attached hydrogens (tertiary/aromatic N) is 2. The molecule has 8 nitrogen and oxygen atoms in total. The zero-order valence-electron chi connectivity index (χ0n) is 17.5. The van der Waals surface area contributed by atoms with E-state index in [0.29, 0.717) is 17.1 Å². The van der Waals surface area contributed by atoms with Crippen LogP contribution in [-0.2, 0) is 21.4 Å². The first-order valence-corrected chi connectivity index (χ1v) is 11.1. The number of nitrogens with one attached hydrogen (secondary N) is 2. The molecule has 0 atom stereocenters. The molecular weight excluding hydrogens is 416 g/mol. The van der Waals surface area contributed by atoms with Gasteiger partial charge in [-0.05, 0) is 54.6 Å². The van der Waals surface area contributed by atoms with E-state index in [1.54, 1.807) is 39.2 Å². The fourth-order valence-electron chi connectivity index (χ4n) is 2.67. The van der Waals surface area contributed by atoms with Crippen LogP contribution in [0.4, 0.5) is 5.69 Å². The summed E-state index contributed by atoms with van der Waals surface area (Å²) >= 11 is 0. The zero-order chi connectivity index (χ0) is 22.4. The maximum absolute atomic E-state index is 12.6. The largest absolute Gasteiger partial charge is 0.497 e.